The normalized spacial score (nSPS) is 21.2. The number of hydrogen-bond acceptors (Lipinski definition) is 5. The maximum atomic E-state index is 13.5. The van der Waals surface area contributed by atoms with E-state index in [1.165, 1.54) is 25.7 Å². The Kier molecular flexibility index (Phi) is 9.79. The number of nitrogens with one attached hydrogen (secondary N) is 1. The van der Waals surface area contributed by atoms with E-state index in [0.29, 0.717) is 36.7 Å². The molecule has 0 aromatic carbocycles. The Morgan fingerprint density at radius 2 is 2.14 bits per heavy atom. The summed E-state index contributed by atoms with van der Waals surface area (Å²) < 4.78 is 6.26. The first-order chi connectivity index (χ1) is 16.8. The van der Waals surface area contributed by atoms with Crippen LogP contribution >= 0.6 is 0 Å². The average molecular weight is 485 g/mol. The molecule has 0 radical (unpaired) electrons. The second-order valence-electron chi connectivity index (χ2n) is 9.97. The lowest BCUT2D eigenvalue weighted by Gasteiger charge is -2.37. The Hall–Kier alpha value is -2.79. The summed E-state index contributed by atoms with van der Waals surface area (Å²) in [6.07, 6.45) is 8.04. The molecule has 3 amide bonds. The van der Waals surface area contributed by atoms with Crippen LogP contribution in [0, 0.1) is 23.7 Å². The summed E-state index contributed by atoms with van der Waals surface area (Å²) in [6.45, 7) is 7.01. The van der Waals surface area contributed by atoms with Crippen molar-refractivity contribution in [3.8, 4) is 17.7 Å². The van der Waals surface area contributed by atoms with Gasteiger partial charge in [0.2, 0.25) is 5.88 Å². The first-order valence-electron chi connectivity index (χ1n) is 12.9. The van der Waals surface area contributed by atoms with Gasteiger partial charge in [-0.3, -0.25) is 4.79 Å². The van der Waals surface area contributed by atoms with Gasteiger partial charge in [0.05, 0.1) is 19.2 Å². The molecule has 192 valence electrons. The Bertz CT molecular complexity index is 935. The molecule has 1 aromatic heterocycles. The predicted molar refractivity (Wildman–Crippen MR) is 135 cm³/mol. The Balaban J connectivity index is 1.86. The molecule has 1 aliphatic carbocycles. The summed E-state index contributed by atoms with van der Waals surface area (Å²) >= 11 is 0. The van der Waals surface area contributed by atoms with Gasteiger partial charge in [-0.05, 0) is 38.2 Å². The van der Waals surface area contributed by atoms with Gasteiger partial charge in [0.1, 0.15) is 11.7 Å². The molecule has 1 aliphatic heterocycles. The fourth-order valence-electron chi connectivity index (χ4n) is 4.62. The highest BCUT2D eigenvalue weighted by atomic mass is 16.5. The second kappa shape index (κ2) is 12.8. The zero-order valence-corrected chi connectivity index (χ0v) is 21.5. The van der Waals surface area contributed by atoms with Crippen LogP contribution < -0.4 is 10.1 Å². The Morgan fingerprint density at radius 3 is 2.83 bits per heavy atom. The first kappa shape index (κ1) is 26.8. The van der Waals surface area contributed by atoms with Gasteiger partial charge in [-0.25, -0.2) is 9.78 Å². The minimum Gasteiger partial charge on any atom is -0.472 e. The van der Waals surface area contributed by atoms with Crippen molar-refractivity contribution < 1.29 is 19.4 Å². The number of likely N-dealkylation sites (N-methyl/N-ethyl adjacent to an activating group) is 1. The van der Waals surface area contributed by atoms with E-state index < -0.39 is 0 Å². The van der Waals surface area contributed by atoms with Gasteiger partial charge >= 0.3 is 6.03 Å². The number of ether oxygens (including phenoxy) is 1. The number of aromatic nitrogens is 1. The van der Waals surface area contributed by atoms with E-state index in [9.17, 15) is 14.7 Å². The Labute approximate surface area is 209 Å². The van der Waals surface area contributed by atoms with Crippen molar-refractivity contribution in [1.29, 1.82) is 0 Å². The van der Waals surface area contributed by atoms with Gasteiger partial charge in [-0.1, -0.05) is 38.5 Å². The Morgan fingerprint density at radius 1 is 1.40 bits per heavy atom. The third-order valence-electron chi connectivity index (χ3n) is 6.95. The molecule has 2 heterocycles. The molecule has 2 aliphatic rings. The van der Waals surface area contributed by atoms with Crippen molar-refractivity contribution in [1.82, 2.24) is 20.1 Å². The lowest BCUT2D eigenvalue weighted by molar-refractivity contribution is 0.0352. The summed E-state index contributed by atoms with van der Waals surface area (Å²) in [5.41, 5.74) is 1.02. The average Bonchev–Trinajstić information content (AvgIpc) is 3.37. The fraction of sp³-hybridized carbons (Fsp3) is 0.667. The number of urea groups is 1. The molecule has 0 spiro atoms. The van der Waals surface area contributed by atoms with Crippen LogP contribution in [-0.4, -0.2) is 77.3 Å². The van der Waals surface area contributed by atoms with Crippen molar-refractivity contribution >= 4 is 11.9 Å². The van der Waals surface area contributed by atoms with Crippen molar-refractivity contribution in [2.45, 2.75) is 71.4 Å². The lowest BCUT2D eigenvalue weighted by atomic mass is 10.00. The second-order valence-corrected chi connectivity index (χ2v) is 9.97. The number of carbonyl (C=O) groups is 2. The highest BCUT2D eigenvalue weighted by Gasteiger charge is 2.34. The standard InChI is InChI=1S/C27H40N4O4/c1-5-13-28-27(34)30(4)17-24-19(2)16-31(20(3)18-32)26(33)23-14-22(15-29-25(23)35-24)12-8-11-21-9-6-7-10-21/h14-15,19-21,24,32H,5-7,9-11,13,16-18H2,1-4H3,(H,28,34)/t19-,20+,24-/m0/s1. The van der Waals surface area contributed by atoms with Crippen LogP contribution in [0.5, 0.6) is 5.88 Å². The van der Waals surface area contributed by atoms with Gasteiger partial charge in [0.15, 0.2) is 0 Å². The van der Waals surface area contributed by atoms with Gasteiger partial charge in [0.25, 0.3) is 5.91 Å². The number of aliphatic hydroxyl groups is 1. The lowest BCUT2D eigenvalue weighted by Crippen LogP contribution is -2.51. The summed E-state index contributed by atoms with van der Waals surface area (Å²) in [5, 5.41) is 12.7. The minimum atomic E-state index is -0.376. The van der Waals surface area contributed by atoms with E-state index in [4.69, 9.17) is 4.74 Å². The molecule has 3 rings (SSSR count). The number of hydrogen-bond donors (Lipinski definition) is 2. The zero-order valence-electron chi connectivity index (χ0n) is 21.5. The molecule has 3 atom stereocenters. The third-order valence-corrected chi connectivity index (χ3v) is 6.95. The van der Waals surface area contributed by atoms with Crippen LogP contribution in [0.2, 0.25) is 0 Å². The molecule has 0 bridgehead atoms. The summed E-state index contributed by atoms with van der Waals surface area (Å²) in [6, 6.07) is 1.22. The smallest absolute Gasteiger partial charge is 0.317 e. The molecule has 1 aromatic rings. The molecular formula is C27H40N4O4. The number of nitrogens with zero attached hydrogens (tertiary/aromatic N) is 3. The molecule has 2 N–H and O–H groups in total. The molecule has 1 saturated carbocycles. The molecule has 1 fully saturated rings. The van der Waals surface area contributed by atoms with Crippen molar-refractivity contribution in [3.05, 3.63) is 23.4 Å². The van der Waals surface area contributed by atoms with E-state index in [0.717, 1.165) is 12.8 Å². The van der Waals surface area contributed by atoms with E-state index >= 15 is 0 Å². The van der Waals surface area contributed by atoms with Crippen LogP contribution in [0.25, 0.3) is 0 Å². The van der Waals surface area contributed by atoms with E-state index in [1.807, 2.05) is 20.8 Å². The first-order valence-corrected chi connectivity index (χ1v) is 12.9. The van der Waals surface area contributed by atoms with Crippen LogP contribution in [0.1, 0.15) is 75.2 Å². The number of amides is 3. The largest absolute Gasteiger partial charge is 0.472 e. The van der Waals surface area contributed by atoms with Crippen LogP contribution in [0.3, 0.4) is 0 Å². The zero-order chi connectivity index (χ0) is 25.4. The van der Waals surface area contributed by atoms with Crippen LogP contribution in [0.15, 0.2) is 12.3 Å². The minimum absolute atomic E-state index is 0.0878. The fourth-order valence-corrected chi connectivity index (χ4v) is 4.62. The molecule has 0 unspecified atom stereocenters. The summed E-state index contributed by atoms with van der Waals surface area (Å²) in [5.74, 6) is 7.03. The highest BCUT2D eigenvalue weighted by molar-refractivity contribution is 5.97. The SMILES string of the molecule is CCCNC(=O)N(C)C[C@@H]1Oc2ncc(C#CCC3CCCC3)cc2C(=O)N([C@H](C)CO)C[C@@H]1C. The van der Waals surface area contributed by atoms with Crippen LogP contribution in [-0.2, 0) is 0 Å². The van der Waals surface area contributed by atoms with E-state index in [2.05, 4.69) is 22.1 Å². The molecule has 8 heteroatoms. The van der Waals surface area contributed by atoms with Crippen molar-refractivity contribution in [3.63, 3.8) is 0 Å². The molecule has 8 nitrogen and oxygen atoms in total. The van der Waals surface area contributed by atoms with Gasteiger partial charge < -0.3 is 25.0 Å². The number of fused-ring (bicyclic) bond motifs is 1. The van der Waals surface area contributed by atoms with Gasteiger partial charge in [-0.2, -0.15) is 0 Å². The topological polar surface area (TPSA) is 95.0 Å². The quantitative estimate of drug-likeness (QED) is 0.579. The molecule has 0 saturated heterocycles. The third kappa shape index (κ3) is 7.11. The van der Waals surface area contributed by atoms with E-state index in [-0.39, 0.29) is 42.5 Å². The molecule has 35 heavy (non-hydrogen) atoms. The van der Waals surface area contributed by atoms with Gasteiger partial charge in [0, 0.05) is 44.2 Å². The van der Waals surface area contributed by atoms with Crippen molar-refractivity contribution in [2.75, 3.05) is 33.3 Å². The number of aliphatic hydroxyl groups excluding tert-OH is 1. The van der Waals surface area contributed by atoms with E-state index in [1.54, 1.807) is 29.1 Å². The summed E-state index contributed by atoms with van der Waals surface area (Å²) in [7, 11) is 1.73. The highest BCUT2D eigenvalue weighted by Crippen LogP contribution is 2.28. The maximum absolute atomic E-state index is 13.5. The summed E-state index contributed by atoms with van der Waals surface area (Å²) in [4.78, 5) is 33.7. The molecular weight excluding hydrogens is 444 g/mol. The number of pyridine rings is 1. The number of rotatable bonds is 7. The predicted octanol–water partition coefficient (Wildman–Crippen LogP) is 3.28. The monoisotopic (exact) mass is 484 g/mol. The maximum Gasteiger partial charge on any atom is 0.317 e. The van der Waals surface area contributed by atoms with Crippen molar-refractivity contribution in [2.24, 2.45) is 11.8 Å². The number of carbonyl (C=O) groups excluding carboxylic acids is 2. The van der Waals surface area contributed by atoms with Gasteiger partial charge in [-0.15, -0.1) is 0 Å². The van der Waals surface area contributed by atoms with Crippen LogP contribution in [0.4, 0.5) is 4.79 Å².